The second-order valence-corrected chi connectivity index (χ2v) is 5.30. The van der Waals surface area contributed by atoms with Crippen molar-refractivity contribution in [2.24, 2.45) is 0 Å². The monoisotopic (exact) mass is 322 g/mol. The largest absolute Gasteiger partial charge is 0.350 e. The van der Waals surface area contributed by atoms with Crippen LogP contribution in [0.4, 0.5) is 10.3 Å². The van der Waals surface area contributed by atoms with Gasteiger partial charge in [0.2, 0.25) is 11.9 Å². The van der Waals surface area contributed by atoms with E-state index in [0.717, 1.165) is 0 Å². The number of amides is 1. The van der Waals surface area contributed by atoms with Gasteiger partial charge < -0.3 is 10.2 Å². The molecule has 0 spiro atoms. The Bertz CT molecular complexity index is 658. The highest BCUT2D eigenvalue weighted by atomic mass is 35.5. The molecule has 1 aromatic heterocycles. The van der Waals surface area contributed by atoms with Crippen LogP contribution in [0.1, 0.15) is 11.3 Å². The zero-order valence-corrected chi connectivity index (χ0v) is 13.1. The van der Waals surface area contributed by atoms with Crippen LogP contribution in [0.2, 0.25) is 5.02 Å². The maximum Gasteiger partial charge on any atom is 0.225 e. The molecule has 22 heavy (non-hydrogen) atoms. The third kappa shape index (κ3) is 4.14. The molecule has 1 aromatic carbocycles. The number of rotatable bonds is 5. The van der Waals surface area contributed by atoms with Crippen LogP contribution in [-0.4, -0.2) is 30.0 Å². The summed E-state index contributed by atoms with van der Waals surface area (Å²) in [6.45, 7) is 0.244. The Morgan fingerprint density at radius 1 is 1.36 bits per heavy atom. The lowest BCUT2D eigenvalue weighted by atomic mass is 10.1. The van der Waals surface area contributed by atoms with E-state index in [-0.39, 0.29) is 29.5 Å². The van der Waals surface area contributed by atoms with E-state index in [1.165, 1.54) is 12.1 Å². The van der Waals surface area contributed by atoms with Crippen LogP contribution in [0.25, 0.3) is 0 Å². The SMILES string of the molecule is CN(C)c1nccc(CNC(=O)Cc2c(F)cccc2Cl)n1. The first-order valence-electron chi connectivity index (χ1n) is 6.66. The van der Waals surface area contributed by atoms with Gasteiger partial charge in [-0.1, -0.05) is 17.7 Å². The highest BCUT2D eigenvalue weighted by molar-refractivity contribution is 6.31. The summed E-state index contributed by atoms with van der Waals surface area (Å²) in [5, 5.41) is 2.94. The van der Waals surface area contributed by atoms with E-state index in [4.69, 9.17) is 11.6 Å². The third-order valence-electron chi connectivity index (χ3n) is 2.97. The number of carbonyl (C=O) groups is 1. The van der Waals surface area contributed by atoms with Gasteiger partial charge in [0.1, 0.15) is 5.82 Å². The zero-order valence-electron chi connectivity index (χ0n) is 12.3. The quantitative estimate of drug-likeness (QED) is 0.917. The molecule has 1 N–H and O–H groups in total. The average molecular weight is 323 g/mol. The van der Waals surface area contributed by atoms with E-state index < -0.39 is 5.82 Å². The summed E-state index contributed by atoms with van der Waals surface area (Å²) < 4.78 is 13.6. The molecule has 2 rings (SSSR count). The van der Waals surface area contributed by atoms with E-state index in [1.54, 1.807) is 23.2 Å². The fraction of sp³-hybridized carbons (Fsp3) is 0.267. The van der Waals surface area contributed by atoms with Crippen LogP contribution in [0.3, 0.4) is 0 Å². The lowest BCUT2D eigenvalue weighted by Gasteiger charge is -2.11. The van der Waals surface area contributed by atoms with Crippen molar-refractivity contribution < 1.29 is 9.18 Å². The third-order valence-corrected chi connectivity index (χ3v) is 3.32. The molecule has 116 valence electrons. The van der Waals surface area contributed by atoms with Crippen molar-refractivity contribution in [2.75, 3.05) is 19.0 Å². The molecule has 1 amide bonds. The normalized spacial score (nSPS) is 10.4. The number of benzene rings is 1. The molecule has 0 saturated heterocycles. The Hall–Kier alpha value is -2.21. The fourth-order valence-corrected chi connectivity index (χ4v) is 2.04. The minimum absolute atomic E-state index is 0.114. The van der Waals surface area contributed by atoms with Crippen LogP contribution in [0.15, 0.2) is 30.5 Å². The van der Waals surface area contributed by atoms with Crippen LogP contribution in [-0.2, 0) is 17.8 Å². The van der Waals surface area contributed by atoms with E-state index in [2.05, 4.69) is 15.3 Å². The van der Waals surface area contributed by atoms with Crippen LogP contribution in [0, 0.1) is 5.82 Å². The van der Waals surface area contributed by atoms with Crippen molar-refractivity contribution in [2.45, 2.75) is 13.0 Å². The van der Waals surface area contributed by atoms with Gasteiger partial charge in [0.15, 0.2) is 0 Å². The number of hydrogen-bond donors (Lipinski definition) is 1. The summed E-state index contributed by atoms with van der Waals surface area (Å²) in [5.74, 6) is -0.250. The van der Waals surface area contributed by atoms with Crippen LogP contribution < -0.4 is 10.2 Å². The number of nitrogens with zero attached hydrogens (tertiary/aromatic N) is 3. The molecule has 0 aliphatic rings. The highest BCUT2D eigenvalue weighted by Gasteiger charge is 2.12. The maximum absolute atomic E-state index is 13.6. The number of nitrogens with one attached hydrogen (secondary N) is 1. The molecule has 1 heterocycles. The van der Waals surface area contributed by atoms with Crippen molar-refractivity contribution in [3.63, 3.8) is 0 Å². The molecule has 0 saturated carbocycles. The van der Waals surface area contributed by atoms with Gasteiger partial charge in [-0.2, -0.15) is 0 Å². The molecule has 0 radical (unpaired) electrons. The summed E-state index contributed by atoms with van der Waals surface area (Å²) in [5.41, 5.74) is 0.866. The molecule has 0 bridgehead atoms. The topological polar surface area (TPSA) is 58.1 Å². The van der Waals surface area contributed by atoms with Gasteiger partial charge in [-0.25, -0.2) is 14.4 Å². The molecular weight excluding hydrogens is 307 g/mol. The van der Waals surface area contributed by atoms with Crippen molar-refractivity contribution in [3.8, 4) is 0 Å². The van der Waals surface area contributed by atoms with Gasteiger partial charge in [-0.05, 0) is 18.2 Å². The molecule has 2 aromatic rings. The summed E-state index contributed by atoms with van der Waals surface area (Å²) >= 11 is 5.90. The number of anilines is 1. The molecule has 0 aliphatic heterocycles. The number of hydrogen-bond acceptors (Lipinski definition) is 4. The predicted octanol–water partition coefficient (Wildman–Crippen LogP) is 2.19. The lowest BCUT2D eigenvalue weighted by molar-refractivity contribution is -0.120. The van der Waals surface area contributed by atoms with E-state index in [1.807, 2.05) is 14.1 Å². The minimum Gasteiger partial charge on any atom is -0.350 e. The summed E-state index contributed by atoms with van der Waals surface area (Å²) in [4.78, 5) is 22.1. The van der Waals surface area contributed by atoms with Crippen molar-refractivity contribution in [3.05, 3.63) is 52.6 Å². The van der Waals surface area contributed by atoms with Gasteiger partial charge in [-0.15, -0.1) is 0 Å². The van der Waals surface area contributed by atoms with Gasteiger partial charge >= 0.3 is 0 Å². The van der Waals surface area contributed by atoms with Crippen molar-refractivity contribution in [1.29, 1.82) is 0 Å². The summed E-state index contributed by atoms with van der Waals surface area (Å²) in [7, 11) is 3.66. The first-order chi connectivity index (χ1) is 10.5. The fourth-order valence-electron chi connectivity index (χ4n) is 1.81. The Morgan fingerprint density at radius 2 is 2.14 bits per heavy atom. The molecule has 0 aliphatic carbocycles. The van der Waals surface area contributed by atoms with E-state index in [9.17, 15) is 9.18 Å². The molecule has 7 heteroatoms. The van der Waals surface area contributed by atoms with E-state index in [0.29, 0.717) is 11.6 Å². The molecule has 0 unspecified atom stereocenters. The molecular formula is C15H16ClFN4O. The lowest BCUT2D eigenvalue weighted by Crippen LogP contribution is -2.26. The Labute approximate surface area is 133 Å². The standard InChI is InChI=1S/C15H16ClFN4O/c1-21(2)15-18-7-6-10(20-15)9-19-14(22)8-11-12(16)4-3-5-13(11)17/h3-7H,8-9H2,1-2H3,(H,19,22). The minimum atomic E-state index is -0.486. The summed E-state index contributed by atoms with van der Waals surface area (Å²) in [6.07, 6.45) is 1.51. The van der Waals surface area contributed by atoms with Gasteiger partial charge in [0, 0.05) is 30.9 Å². The first kappa shape index (κ1) is 16.2. The number of halogens is 2. The molecule has 0 fully saturated rings. The summed E-state index contributed by atoms with van der Waals surface area (Å²) in [6, 6.07) is 6.05. The Kier molecular flexibility index (Phi) is 5.27. The Balaban J connectivity index is 1.97. The van der Waals surface area contributed by atoms with Crippen molar-refractivity contribution in [1.82, 2.24) is 15.3 Å². The highest BCUT2D eigenvalue weighted by Crippen LogP contribution is 2.19. The Morgan fingerprint density at radius 3 is 2.82 bits per heavy atom. The number of carbonyl (C=O) groups excluding carboxylic acids is 1. The second kappa shape index (κ2) is 7.17. The zero-order chi connectivity index (χ0) is 16.1. The van der Waals surface area contributed by atoms with Gasteiger partial charge in [0.25, 0.3) is 0 Å². The maximum atomic E-state index is 13.6. The number of aromatic nitrogens is 2. The van der Waals surface area contributed by atoms with E-state index >= 15 is 0 Å². The van der Waals surface area contributed by atoms with Crippen molar-refractivity contribution >= 4 is 23.5 Å². The average Bonchev–Trinajstić information content (AvgIpc) is 2.49. The van der Waals surface area contributed by atoms with Gasteiger partial charge in [-0.3, -0.25) is 4.79 Å². The predicted molar refractivity (Wildman–Crippen MR) is 83.3 cm³/mol. The first-order valence-corrected chi connectivity index (χ1v) is 7.04. The molecule has 5 nitrogen and oxygen atoms in total. The smallest absolute Gasteiger partial charge is 0.225 e. The molecule has 0 atom stereocenters. The van der Waals surface area contributed by atoms with Gasteiger partial charge in [0.05, 0.1) is 18.7 Å². The van der Waals surface area contributed by atoms with Crippen LogP contribution in [0.5, 0.6) is 0 Å². The van der Waals surface area contributed by atoms with Crippen LogP contribution >= 0.6 is 11.6 Å². The second-order valence-electron chi connectivity index (χ2n) is 4.90.